The highest BCUT2D eigenvalue weighted by molar-refractivity contribution is 5.49. The van der Waals surface area contributed by atoms with Gasteiger partial charge in [-0.05, 0) is 99.9 Å². The van der Waals surface area contributed by atoms with Crippen LogP contribution in [0.15, 0.2) is 12.1 Å². The van der Waals surface area contributed by atoms with Crippen LogP contribution >= 0.6 is 0 Å². The maximum atomic E-state index is 10.4. The van der Waals surface area contributed by atoms with Gasteiger partial charge in [-0.3, -0.25) is 0 Å². The second-order valence-corrected chi connectivity index (χ2v) is 7.45. The normalized spacial score (nSPS) is 11.2. The molecule has 2 aromatic carbocycles. The molecule has 0 aromatic heterocycles. The molecule has 0 bridgehead atoms. The highest BCUT2D eigenvalue weighted by Crippen LogP contribution is 2.30. The minimum absolute atomic E-state index is 0.216. The number of aliphatic hydroxyl groups is 1. The molecule has 1 N–H and O–H groups in total. The van der Waals surface area contributed by atoms with Crippen molar-refractivity contribution in [3.63, 3.8) is 0 Å². The van der Waals surface area contributed by atoms with E-state index in [0.717, 1.165) is 33.8 Å². The van der Waals surface area contributed by atoms with E-state index in [1.54, 1.807) is 0 Å². The van der Waals surface area contributed by atoms with Crippen LogP contribution in [-0.2, 0) is 0 Å². The third kappa shape index (κ3) is 4.21. The second-order valence-electron chi connectivity index (χ2n) is 7.45. The van der Waals surface area contributed by atoms with E-state index in [-0.39, 0.29) is 13.2 Å². The summed E-state index contributed by atoms with van der Waals surface area (Å²) in [5, 5.41) is 10.4. The molecular formula is C23H32O3. The molecule has 0 aliphatic heterocycles. The Kier molecular flexibility index (Phi) is 6.35. The predicted octanol–water partition coefficient (Wildman–Crippen LogP) is 4.97. The summed E-state index contributed by atoms with van der Waals surface area (Å²) in [6.07, 6.45) is -0.686. The molecule has 26 heavy (non-hydrogen) atoms. The Morgan fingerprint density at radius 2 is 0.885 bits per heavy atom. The molecule has 2 aromatic rings. The second kappa shape index (κ2) is 8.13. The monoisotopic (exact) mass is 356 g/mol. The fourth-order valence-electron chi connectivity index (χ4n) is 3.20. The molecule has 0 atom stereocenters. The smallest absolute Gasteiger partial charge is 0.125 e. The van der Waals surface area contributed by atoms with Gasteiger partial charge in [0.15, 0.2) is 0 Å². The van der Waals surface area contributed by atoms with Crippen LogP contribution < -0.4 is 9.47 Å². The summed E-state index contributed by atoms with van der Waals surface area (Å²) < 4.78 is 11.9. The Bertz CT molecular complexity index is 686. The van der Waals surface area contributed by atoms with Crippen molar-refractivity contribution in [2.75, 3.05) is 13.2 Å². The lowest BCUT2D eigenvalue weighted by molar-refractivity contribution is 0.0616. The van der Waals surface area contributed by atoms with Crippen molar-refractivity contribution in [1.29, 1.82) is 0 Å². The molecule has 0 aliphatic carbocycles. The van der Waals surface area contributed by atoms with Crippen molar-refractivity contribution < 1.29 is 14.6 Å². The molecule has 0 heterocycles. The Morgan fingerprint density at radius 1 is 0.615 bits per heavy atom. The summed E-state index contributed by atoms with van der Waals surface area (Å²) >= 11 is 0. The van der Waals surface area contributed by atoms with E-state index < -0.39 is 6.10 Å². The Balaban J connectivity index is 2.05. The molecule has 3 heteroatoms. The van der Waals surface area contributed by atoms with E-state index in [9.17, 15) is 5.11 Å². The number of aryl methyl sites for hydroxylation is 4. The van der Waals surface area contributed by atoms with Gasteiger partial charge in [0.25, 0.3) is 0 Å². The molecule has 3 nitrogen and oxygen atoms in total. The largest absolute Gasteiger partial charge is 0.490 e. The SMILES string of the molecule is Cc1cc(C)c(C)c(OCC(O)COc2c(C)c(C)cc(C)c2C)c1C. The first-order valence-electron chi connectivity index (χ1n) is 9.21. The first kappa shape index (κ1) is 20.3. The quantitative estimate of drug-likeness (QED) is 0.794. The fourth-order valence-corrected chi connectivity index (χ4v) is 3.20. The van der Waals surface area contributed by atoms with Crippen LogP contribution in [0.25, 0.3) is 0 Å². The maximum Gasteiger partial charge on any atom is 0.125 e. The van der Waals surface area contributed by atoms with Gasteiger partial charge in [0.2, 0.25) is 0 Å². The molecule has 0 amide bonds. The molecule has 0 saturated carbocycles. The van der Waals surface area contributed by atoms with Crippen molar-refractivity contribution in [3.05, 3.63) is 56.6 Å². The summed E-state index contributed by atoms with van der Waals surface area (Å²) in [4.78, 5) is 0. The zero-order chi connectivity index (χ0) is 19.6. The molecule has 0 spiro atoms. The van der Waals surface area contributed by atoms with E-state index in [4.69, 9.17) is 9.47 Å². The van der Waals surface area contributed by atoms with Crippen LogP contribution in [0.1, 0.15) is 44.5 Å². The third-order valence-electron chi connectivity index (χ3n) is 5.43. The molecule has 0 unspecified atom stereocenters. The number of aliphatic hydroxyl groups excluding tert-OH is 1. The van der Waals surface area contributed by atoms with Crippen LogP contribution in [0, 0.1) is 55.4 Å². The zero-order valence-electron chi connectivity index (χ0n) is 17.4. The predicted molar refractivity (Wildman–Crippen MR) is 108 cm³/mol. The number of rotatable bonds is 6. The van der Waals surface area contributed by atoms with E-state index in [0.29, 0.717) is 0 Å². The highest BCUT2D eigenvalue weighted by atomic mass is 16.5. The topological polar surface area (TPSA) is 38.7 Å². The summed E-state index contributed by atoms with van der Waals surface area (Å²) in [5.74, 6) is 1.75. The highest BCUT2D eigenvalue weighted by Gasteiger charge is 2.15. The van der Waals surface area contributed by atoms with Gasteiger partial charge in [0.05, 0.1) is 0 Å². The molecule has 0 radical (unpaired) electrons. The van der Waals surface area contributed by atoms with E-state index >= 15 is 0 Å². The Labute approximate surface area is 158 Å². The van der Waals surface area contributed by atoms with Crippen molar-refractivity contribution in [2.45, 2.75) is 61.5 Å². The Morgan fingerprint density at radius 3 is 1.15 bits per heavy atom. The van der Waals surface area contributed by atoms with Crippen LogP contribution in [0.2, 0.25) is 0 Å². The number of ether oxygens (including phenoxy) is 2. The van der Waals surface area contributed by atoms with Gasteiger partial charge < -0.3 is 14.6 Å². The molecule has 0 fully saturated rings. The number of hydrogen-bond donors (Lipinski definition) is 1. The molecule has 0 saturated heterocycles. The van der Waals surface area contributed by atoms with Gasteiger partial charge in [0.1, 0.15) is 30.8 Å². The van der Waals surface area contributed by atoms with Crippen molar-refractivity contribution in [2.24, 2.45) is 0 Å². The van der Waals surface area contributed by atoms with Gasteiger partial charge in [0, 0.05) is 0 Å². The van der Waals surface area contributed by atoms with Crippen molar-refractivity contribution in [1.82, 2.24) is 0 Å². The molecular weight excluding hydrogens is 324 g/mol. The maximum absolute atomic E-state index is 10.4. The van der Waals surface area contributed by atoms with Crippen molar-refractivity contribution in [3.8, 4) is 11.5 Å². The third-order valence-corrected chi connectivity index (χ3v) is 5.43. The standard InChI is InChI=1S/C23H32O3/c1-13-9-14(2)18(6)22(17(13)5)25-11-21(24)12-26-23-19(7)15(3)10-16(4)20(23)8/h9-10,21,24H,11-12H2,1-8H3. The number of hydrogen-bond acceptors (Lipinski definition) is 3. The zero-order valence-corrected chi connectivity index (χ0v) is 17.4. The lowest BCUT2D eigenvalue weighted by Crippen LogP contribution is -2.26. The van der Waals surface area contributed by atoms with E-state index in [2.05, 4.69) is 67.5 Å². The summed E-state index contributed by atoms with van der Waals surface area (Å²) in [7, 11) is 0. The lowest BCUT2D eigenvalue weighted by atomic mass is 10.00. The first-order valence-corrected chi connectivity index (χ1v) is 9.21. The molecule has 142 valence electrons. The first-order chi connectivity index (χ1) is 12.1. The van der Waals surface area contributed by atoms with Gasteiger partial charge in [-0.15, -0.1) is 0 Å². The van der Waals surface area contributed by atoms with E-state index in [1.807, 2.05) is 0 Å². The summed E-state index contributed by atoms with van der Waals surface area (Å²) in [5.41, 5.74) is 9.32. The van der Waals surface area contributed by atoms with Gasteiger partial charge in [-0.1, -0.05) is 12.1 Å². The molecule has 0 aliphatic rings. The molecule has 2 rings (SSSR count). The van der Waals surface area contributed by atoms with Crippen molar-refractivity contribution >= 4 is 0 Å². The summed E-state index contributed by atoms with van der Waals surface area (Å²) in [6, 6.07) is 4.34. The number of benzene rings is 2. The van der Waals surface area contributed by atoms with Crippen LogP contribution in [0.3, 0.4) is 0 Å². The van der Waals surface area contributed by atoms with Gasteiger partial charge in [-0.25, -0.2) is 0 Å². The Hall–Kier alpha value is -2.00. The van der Waals surface area contributed by atoms with Crippen LogP contribution in [0.5, 0.6) is 11.5 Å². The van der Waals surface area contributed by atoms with Gasteiger partial charge in [-0.2, -0.15) is 0 Å². The average molecular weight is 357 g/mol. The minimum atomic E-state index is -0.686. The fraction of sp³-hybridized carbons (Fsp3) is 0.478. The lowest BCUT2D eigenvalue weighted by Gasteiger charge is -2.20. The van der Waals surface area contributed by atoms with Crippen LogP contribution in [-0.4, -0.2) is 24.4 Å². The summed E-state index contributed by atoms with van der Waals surface area (Å²) in [6.45, 7) is 17.0. The van der Waals surface area contributed by atoms with Gasteiger partial charge >= 0.3 is 0 Å². The average Bonchev–Trinajstić information content (AvgIpc) is 2.58. The van der Waals surface area contributed by atoms with Crippen LogP contribution in [0.4, 0.5) is 0 Å². The van der Waals surface area contributed by atoms with E-state index in [1.165, 1.54) is 22.3 Å². The minimum Gasteiger partial charge on any atom is -0.490 e.